The first kappa shape index (κ1) is 13.9. The molecule has 2 atom stereocenters. The van der Waals surface area contributed by atoms with Crippen molar-refractivity contribution in [2.45, 2.75) is 52.0 Å². The quantitative estimate of drug-likeness (QED) is 0.750. The van der Waals surface area contributed by atoms with Gasteiger partial charge in [-0.2, -0.15) is 0 Å². The van der Waals surface area contributed by atoms with Gasteiger partial charge in [-0.1, -0.05) is 0 Å². The summed E-state index contributed by atoms with van der Waals surface area (Å²) in [6.45, 7) is 11.5. The molecule has 1 fully saturated rings. The van der Waals surface area contributed by atoms with Crippen LogP contribution in [0.25, 0.3) is 0 Å². The first-order valence-corrected chi connectivity index (χ1v) is 6.18. The number of nitrogens with zero attached hydrogens (tertiary/aromatic N) is 1. The van der Waals surface area contributed by atoms with Gasteiger partial charge >= 0.3 is 0 Å². The van der Waals surface area contributed by atoms with Crippen LogP contribution in [-0.4, -0.2) is 54.1 Å². The summed E-state index contributed by atoms with van der Waals surface area (Å²) in [7, 11) is 0. The number of piperazine rings is 1. The van der Waals surface area contributed by atoms with Gasteiger partial charge in [-0.3, -0.25) is 4.90 Å². The number of rotatable bonds is 4. The van der Waals surface area contributed by atoms with E-state index in [4.69, 9.17) is 9.84 Å². The van der Waals surface area contributed by atoms with E-state index in [0.29, 0.717) is 6.04 Å². The summed E-state index contributed by atoms with van der Waals surface area (Å²) in [6.07, 6.45) is 0.960. The lowest BCUT2D eigenvalue weighted by molar-refractivity contribution is -0.129. The van der Waals surface area contributed by atoms with E-state index in [0.717, 1.165) is 26.1 Å². The maximum Gasteiger partial charge on any atom is 0.108 e. The molecule has 16 heavy (non-hydrogen) atoms. The Morgan fingerprint density at radius 3 is 2.75 bits per heavy atom. The van der Waals surface area contributed by atoms with E-state index in [9.17, 15) is 0 Å². The van der Waals surface area contributed by atoms with E-state index in [1.165, 1.54) is 0 Å². The largest absolute Gasteiger partial charge is 0.396 e. The predicted molar refractivity (Wildman–Crippen MR) is 65.4 cm³/mol. The van der Waals surface area contributed by atoms with Gasteiger partial charge in [0.15, 0.2) is 0 Å². The molecule has 2 N–H and O–H groups in total. The molecule has 0 saturated carbocycles. The zero-order valence-electron chi connectivity index (χ0n) is 11.0. The number of hydrogen-bond acceptors (Lipinski definition) is 4. The van der Waals surface area contributed by atoms with Crippen LogP contribution in [0.1, 0.15) is 34.1 Å². The molecule has 0 aromatic rings. The Hall–Kier alpha value is -0.160. The second-order valence-electron chi connectivity index (χ2n) is 5.49. The second kappa shape index (κ2) is 5.96. The van der Waals surface area contributed by atoms with Crippen molar-refractivity contribution in [3.8, 4) is 0 Å². The fourth-order valence-corrected chi connectivity index (χ4v) is 2.12. The molecule has 1 rings (SSSR count). The van der Waals surface area contributed by atoms with Gasteiger partial charge in [-0.15, -0.1) is 0 Å². The fraction of sp³-hybridized carbons (Fsp3) is 1.00. The molecule has 0 aromatic carbocycles. The molecule has 1 unspecified atom stereocenters. The van der Waals surface area contributed by atoms with Crippen LogP contribution >= 0.6 is 0 Å². The normalized spacial score (nSPS) is 25.7. The molecule has 96 valence electrons. The number of aliphatic hydroxyl groups excluding tert-OH is 1. The molecule has 1 saturated heterocycles. The Labute approximate surface area is 99.0 Å². The van der Waals surface area contributed by atoms with Crippen molar-refractivity contribution in [1.82, 2.24) is 10.2 Å². The first-order valence-electron chi connectivity index (χ1n) is 6.18. The molecule has 0 aliphatic carbocycles. The molecule has 1 heterocycles. The molecule has 0 aromatic heterocycles. The average Bonchev–Trinajstić information content (AvgIpc) is 2.16. The van der Waals surface area contributed by atoms with Crippen LogP contribution in [0.3, 0.4) is 0 Å². The Morgan fingerprint density at radius 1 is 1.50 bits per heavy atom. The van der Waals surface area contributed by atoms with Crippen molar-refractivity contribution >= 4 is 0 Å². The Bertz CT molecular complexity index is 202. The van der Waals surface area contributed by atoms with Gasteiger partial charge in [-0.25, -0.2) is 0 Å². The third-order valence-corrected chi connectivity index (χ3v) is 2.80. The van der Waals surface area contributed by atoms with Crippen LogP contribution in [0.15, 0.2) is 0 Å². The molecule has 1 aliphatic heterocycles. The van der Waals surface area contributed by atoms with E-state index in [-0.39, 0.29) is 18.4 Å². The third-order valence-electron chi connectivity index (χ3n) is 2.80. The second-order valence-corrected chi connectivity index (χ2v) is 5.49. The van der Waals surface area contributed by atoms with Gasteiger partial charge in [-0.05, 0) is 34.1 Å². The van der Waals surface area contributed by atoms with Gasteiger partial charge in [0.05, 0.1) is 5.60 Å². The maximum absolute atomic E-state index is 8.94. The number of ether oxygens (including phenoxy) is 1. The van der Waals surface area contributed by atoms with E-state index in [2.05, 4.69) is 37.9 Å². The van der Waals surface area contributed by atoms with Crippen LogP contribution in [0.4, 0.5) is 0 Å². The van der Waals surface area contributed by atoms with Gasteiger partial charge in [0, 0.05) is 32.3 Å². The highest BCUT2D eigenvalue weighted by Gasteiger charge is 2.25. The first-order chi connectivity index (χ1) is 7.42. The van der Waals surface area contributed by atoms with Crippen LogP contribution in [0.2, 0.25) is 0 Å². The zero-order valence-corrected chi connectivity index (χ0v) is 11.0. The van der Waals surface area contributed by atoms with Gasteiger partial charge < -0.3 is 15.2 Å². The molecule has 0 bridgehead atoms. The van der Waals surface area contributed by atoms with Crippen LogP contribution in [0, 0.1) is 0 Å². The summed E-state index contributed by atoms with van der Waals surface area (Å²) >= 11 is 0. The molecule has 4 nitrogen and oxygen atoms in total. The van der Waals surface area contributed by atoms with Gasteiger partial charge in [0.25, 0.3) is 0 Å². The number of aliphatic hydroxyl groups is 1. The maximum atomic E-state index is 8.94. The van der Waals surface area contributed by atoms with Crippen molar-refractivity contribution in [1.29, 1.82) is 0 Å². The summed E-state index contributed by atoms with van der Waals surface area (Å²) in [5, 5.41) is 12.4. The lowest BCUT2D eigenvalue weighted by atomic mass is 10.1. The highest BCUT2D eigenvalue weighted by atomic mass is 16.5. The number of hydrogen-bond donors (Lipinski definition) is 2. The highest BCUT2D eigenvalue weighted by molar-refractivity contribution is 4.79. The molecule has 0 amide bonds. The van der Waals surface area contributed by atoms with E-state index < -0.39 is 0 Å². The Morgan fingerprint density at radius 2 is 2.19 bits per heavy atom. The zero-order chi connectivity index (χ0) is 12.2. The summed E-state index contributed by atoms with van der Waals surface area (Å²) in [6, 6.07) is 0.393. The van der Waals surface area contributed by atoms with Crippen molar-refractivity contribution < 1.29 is 9.84 Å². The van der Waals surface area contributed by atoms with Crippen LogP contribution in [-0.2, 0) is 4.74 Å². The highest BCUT2D eigenvalue weighted by Crippen LogP contribution is 2.15. The van der Waals surface area contributed by atoms with Crippen LogP contribution < -0.4 is 5.32 Å². The SMILES string of the molecule is CC(OC(C)(C)C)N1CCN[C@@H](CCO)C1. The van der Waals surface area contributed by atoms with Gasteiger partial charge in [0.2, 0.25) is 0 Å². The summed E-state index contributed by atoms with van der Waals surface area (Å²) < 4.78 is 5.94. The smallest absolute Gasteiger partial charge is 0.108 e. The minimum absolute atomic E-state index is 0.100. The lowest BCUT2D eigenvalue weighted by Gasteiger charge is -2.39. The average molecular weight is 230 g/mol. The fourth-order valence-electron chi connectivity index (χ4n) is 2.12. The van der Waals surface area contributed by atoms with Crippen molar-refractivity contribution in [3.05, 3.63) is 0 Å². The predicted octanol–water partition coefficient (Wildman–Crippen LogP) is 0.804. The monoisotopic (exact) mass is 230 g/mol. The molecular weight excluding hydrogens is 204 g/mol. The minimum Gasteiger partial charge on any atom is -0.396 e. The third kappa shape index (κ3) is 4.78. The topological polar surface area (TPSA) is 44.7 Å². The number of nitrogens with one attached hydrogen (secondary N) is 1. The van der Waals surface area contributed by atoms with E-state index in [1.807, 2.05) is 0 Å². The summed E-state index contributed by atoms with van der Waals surface area (Å²) in [5.74, 6) is 0. The standard InChI is InChI=1S/C12H26N2O2/c1-10(16-12(2,3)4)14-7-6-13-11(9-14)5-8-15/h10-11,13,15H,5-9H2,1-4H3/t10?,11-/m0/s1. The molecular formula is C12H26N2O2. The lowest BCUT2D eigenvalue weighted by Crippen LogP contribution is -2.55. The minimum atomic E-state index is -0.100. The van der Waals surface area contributed by atoms with E-state index in [1.54, 1.807) is 0 Å². The summed E-state index contributed by atoms with van der Waals surface area (Å²) in [4.78, 5) is 2.34. The molecule has 0 radical (unpaired) electrons. The van der Waals surface area contributed by atoms with E-state index >= 15 is 0 Å². The van der Waals surface area contributed by atoms with Crippen molar-refractivity contribution in [3.63, 3.8) is 0 Å². The summed E-state index contributed by atoms with van der Waals surface area (Å²) in [5.41, 5.74) is -0.100. The molecule has 1 aliphatic rings. The molecule has 4 heteroatoms. The van der Waals surface area contributed by atoms with Crippen molar-refractivity contribution in [2.24, 2.45) is 0 Å². The Balaban J connectivity index is 2.40. The van der Waals surface area contributed by atoms with Gasteiger partial charge in [0.1, 0.15) is 6.23 Å². The van der Waals surface area contributed by atoms with Crippen molar-refractivity contribution in [2.75, 3.05) is 26.2 Å². The van der Waals surface area contributed by atoms with Crippen LogP contribution in [0.5, 0.6) is 0 Å². The molecule has 0 spiro atoms. The Kier molecular flexibility index (Phi) is 5.18.